The van der Waals surface area contributed by atoms with Crippen molar-refractivity contribution in [2.45, 2.75) is 32.9 Å². The van der Waals surface area contributed by atoms with Gasteiger partial charge in [-0.3, -0.25) is 9.69 Å². The highest BCUT2D eigenvalue weighted by Crippen LogP contribution is 2.27. The Balaban J connectivity index is 2.13. The first-order chi connectivity index (χ1) is 10.9. The van der Waals surface area contributed by atoms with Gasteiger partial charge in [0.05, 0.1) is 6.61 Å². The molecule has 0 amide bonds. The first-order valence-corrected chi connectivity index (χ1v) is 8.28. The lowest BCUT2D eigenvalue weighted by Gasteiger charge is -2.41. The van der Waals surface area contributed by atoms with Crippen LogP contribution in [0.15, 0.2) is 24.3 Å². The second-order valence-corrected chi connectivity index (χ2v) is 6.86. The van der Waals surface area contributed by atoms with Crippen LogP contribution >= 0.6 is 0 Å². The molecule has 5 nitrogen and oxygen atoms in total. The normalized spacial score (nSPS) is 21.3. The van der Waals surface area contributed by atoms with Crippen molar-refractivity contribution in [2.75, 3.05) is 33.3 Å². The number of piperazine rings is 1. The van der Waals surface area contributed by atoms with Crippen LogP contribution in [0.3, 0.4) is 0 Å². The zero-order valence-corrected chi connectivity index (χ0v) is 14.5. The van der Waals surface area contributed by atoms with Gasteiger partial charge in [0.1, 0.15) is 11.8 Å². The van der Waals surface area contributed by atoms with Gasteiger partial charge in [-0.15, -0.1) is 0 Å². The Bertz CT molecular complexity index is 516. The van der Waals surface area contributed by atoms with Crippen LogP contribution < -0.4 is 4.74 Å². The third kappa shape index (κ3) is 4.69. The summed E-state index contributed by atoms with van der Waals surface area (Å²) in [6.45, 7) is 9.50. The summed E-state index contributed by atoms with van der Waals surface area (Å²) in [5.41, 5.74) is 0.811. The Hall–Kier alpha value is -1.59. The standard InChI is InChI=1S/C18H28N2O3/c1-13(2)12-23-16-7-5-15(6-8-16)17(18(21)22)20-10-9-19(4)11-14(20)3/h5-8,13-14,17H,9-12H2,1-4H3,(H,21,22). The topological polar surface area (TPSA) is 53.0 Å². The molecule has 1 N–H and O–H groups in total. The van der Waals surface area contributed by atoms with E-state index in [0.717, 1.165) is 30.9 Å². The fourth-order valence-electron chi connectivity index (χ4n) is 3.02. The highest BCUT2D eigenvalue weighted by Gasteiger charge is 2.33. The number of benzene rings is 1. The van der Waals surface area contributed by atoms with Gasteiger partial charge in [-0.05, 0) is 37.6 Å². The van der Waals surface area contributed by atoms with Crippen LogP contribution in [-0.4, -0.2) is 60.2 Å². The molecule has 1 aromatic rings. The van der Waals surface area contributed by atoms with Gasteiger partial charge in [0, 0.05) is 25.7 Å². The third-order valence-electron chi connectivity index (χ3n) is 4.23. The predicted octanol–water partition coefficient (Wildman–Crippen LogP) is 2.48. The largest absolute Gasteiger partial charge is 0.493 e. The molecule has 2 atom stereocenters. The lowest BCUT2D eigenvalue weighted by atomic mass is 10.0. The average Bonchev–Trinajstić information content (AvgIpc) is 2.48. The van der Waals surface area contributed by atoms with E-state index in [9.17, 15) is 9.90 Å². The Labute approximate surface area is 138 Å². The number of carbonyl (C=O) groups is 1. The zero-order chi connectivity index (χ0) is 17.0. The van der Waals surface area contributed by atoms with E-state index in [2.05, 4.69) is 37.6 Å². The van der Waals surface area contributed by atoms with Crippen molar-refractivity contribution in [3.8, 4) is 5.75 Å². The van der Waals surface area contributed by atoms with Crippen LogP contribution in [0.25, 0.3) is 0 Å². The van der Waals surface area contributed by atoms with Gasteiger partial charge >= 0.3 is 5.97 Å². The predicted molar refractivity (Wildman–Crippen MR) is 90.8 cm³/mol. The first kappa shape index (κ1) is 17.8. The molecule has 0 radical (unpaired) electrons. The van der Waals surface area contributed by atoms with E-state index >= 15 is 0 Å². The molecule has 5 heteroatoms. The number of hydrogen-bond donors (Lipinski definition) is 1. The van der Waals surface area contributed by atoms with Gasteiger partial charge in [0.2, 0.25) is 0 Å². The highest BCUT2D eigenvalue weighted by molar-refractivity contribution is 5.75. The molecule has 128 valence electrons. The van der Waals surface area contributed by atoms with Crippen molar-refractivity contribution < 1.29 is 14.6 Å². The van der Waals surface area contributed by atoms with Gasteiger partial charge in [0.25, 0.3) is 0 Å². The fraction of sp³-hybridized carbons (Fsp3) is 0.611. The van der Waals surface area contributed by atoms with Crippen LogP contribution in [0, 0.1) is 5.92 Å². The van der Waals surface area contributed by atoms with Crippen molar-refractivity contribution in [2.24, 2.45) is 5.92 Å². The molecule has 0 saturated carbocycles. The molecule has 1 aliphatic rings. The monoisotopic (exact) mass is 320 g/mol. The van der Waals surface area contributed by atoms with E-state index in [1.54, 1.807) is 0 Å². The summed E-state index contributed by atoms with van der Waals surface area (Å²) in [5.74, 6) is 0.461. The Morgan fingerprint density at radius 3 is 2.48 bits per heavy atom. The molecule has 1 saturated heterocycles. The number of ether oxygens (including phenoxy) is 1. The minimum Gasteiger partial charge on any atom is -0.493 e. The summed E-state index contributed by atoms with van der Waals surface area (Å²) in [7, 11) is 2.07. The molecule has 1 aliphatic heterocycles. The van der Waals surface area contributed by atoms with E-state index in [1.807, 2.05) is 24.3 Å². The zero-order valence-electron chi connectivity index (χ0n) is 14.5. The summed E-state index contributed by atoms with van der Waals surface area (Å²) in [5, 5.41) is 9.72. The minimum atomic E-state index is -0.794. The number of carboxylic acids is 1. The van der Waals surface area contributed by atoms with Crippen LogP contribution in [0.2, 0.25) is 0 Å². The summed E-state index contributed by atoms with van der Waals surface area (Å²) in [4.78, 5) is 16.2. The number of nitrogens with zero attached hydrogens (tertiary/aromatic N) is 2. The minimum absolute atomic E-state index is 0.215. The molecule has 0 bridgehead atoms. The number of hydrogen-bond acceptors (Lipinski definition) is 4. The van der Waals surface area contributed by atoms with Gasteiger partial charge in [-0.2, -0.15) is 0 Å². The van der Waals surface area contributed by atoms with Crippen molar-refractivity contribution >= 4 is 5.97 Å². The molecule has 1 heterocycles. The van der Waals surface area contributed by atoms with Crippen molar-refractivity contribution in [3.63, 3.8) is 0 Å². The Morgan fingerprint density at radius 2 is 1.96 bits per heavy atom. The molecular formula is C18H28N2O3. The van der Waals surface area contributed by atoms with Crippen molar-refractivity contribution in [1.29, 1.82) is 0 Å². The van der Waals surface area contributed by atoms with E-state index in [1.165, 1.54) is 0 Å². The number of carboxylic acid groups (broad SMARTS) is 1. The van der Waals surface area contributed by atoms with Gasteiger partial charge < -0.3 is 14.7 Å². The average molecular weight is 320 g/mol. The van der Waals surface area contributed by atoms with Gasteiger partial charge in [-0.1, -0.05) is 26.0 Å². The van der Waals surface area contributed by atoms with Gasteiger partial charge in [-0.25, -0.2) is 0 Å². The molecule has 23 heavy (non-hydrogen) atoms. The Morgan fingerprint density at radius 1 is 1.30 bits per heavy atom. The van der Waals surface area contributed by atoms with E-state index in [-0.39, 0.29) is 6.04 Å². The molecule has 2 unspecified atom stereocenters. The second kappa shape index (κ2) is 7.79. The van der Waals surface area contributed by atoms with Crippen LogP contribution in [-0.2, 0) is 4.79 Å². The molecule has 0 spiro atoms. The molecule has 2 rings (SSSR count). The van der Waals surface area contributed by atoms with E-state index < -0.39 is 12.0 Å². The second-order valence-electron chi connectivity index (χ2n) is 6.86. The first-order valence-electron chi connectivity index (χ1n) is 8.28. The quantitative estimate of drug-likeness (QED) is 0.873. The molecule has 1 fully saturated rings. The number of rotatable bonds is 6. The Kier molecular flexibility index (Phi) is 6.02. The maximum atomic E-state index is 11.8. The molecule has 1 aromatic carbocycles. The third-order valence-corrected chi connectivity index (χ3v) is 4.23. The summed E-state index contributed by atoms with van der Waals surface area (Å²) in [6.07, 6.45) is 0. The summed E-state index contributed by atoms with van der Waals surface area (Å²) in [6, 6.07) is 7.10. The summed E-state index contributed by atoms with van der Waals surface area (Å²) < 4.78 is 5.68. The summed E-state index contributed by atoms with van der Waals surface area (Å²) >= 11 is 0. The highest BCUT2D eigenvalue weighted by atomic mass is 16.5. The van der Waals surface area contributed by atoms with Crippen molar-refractivity contribution in [1.82, 2.24) is 9.80 Å². The number of aliphatic carboxylic acids is 1. The fourth-order valence-corrected chi connectivity index (χ4v) is 3.02. The SMILES string of the molecule is CC(C)COc1ccc(C(C(=O)O)N2CCN(C)CC2C)cc1. The lowest BCUT2D eigenvalue weighted by molar-refractivity contribution is -0.145. The van der Waals surface area contributed by atoms with Crippen LogP contribution in [0.1, 0.15) is 32.4 Å². The molecule has 0 aromatic heterocycles. The van der Waals surface area contributed by atoms with E-state index in [4.69, 9.17) is 4.74 Å². The molecule has 0 aliphatic carbocycles. The maximum absolute atomic E-state index is 11.8. The smallest absolute Gasteiger partial charge is 0.325 e. The number of likely N-dealkylation sites (N-methyl/N-ethyl adjacent to an activating group) is 1. The van der Waals surface area contributed by atoms with Crippen LogP contribution in [0.4, 0.5) is 0 Å². The molecular weight excluding hydrogens is 292 g/mol. The van der Waals surface area contributed by atoms with E-state index in [0.29, 0.717) is 12.5 Å². The van der Waals surface area contributed by atoms with Crippen LogP contribution in [0.5, 0.6) is 5.75 Å². The van der Waals surface area contributed by atoms with Gasteiger partial charge in [0.15, 0.2) is 0 Å². The van der Waals surface area contributed by atoms with Crippen molar-refractivity contribution in [3.05, 3.63) is 29.8 Å². The maximum Gasteiger partial charge on any atom is 0.325 e. The lowest BCUT2D eigenvalue weighted by Crippen LogP contribution is -2.53.